The number of anilines is 1. The maximum absolute atomic E-state index is 12.0. The van der Waals surface area contributed by atoms with Gasteiger partial charge in [-0.2, -0.15) is 0 Å². The number of aryl methyl sites for hydroxylation is 1. The molecular formula is C20H19N7O. The van der Waals surface area contributed by atoms with Gasteiger partial charge in [0, 0.05) is 46.0 Å². The van der Waals surface area contributed by atoms with Gasteiger partial charge in [0.15, 0.2) is 11.5 Å². The lowest BCUT2D eigenvalue weighted by molar-refractivity contribution is -0.120. The number of nitrogens with zero attached hydrogens (tertiary/aromatic N) is 5. The molecule has 0 bridgehead atoms. The molecule has 3 N–H and O–H groups in total. The van der Waals surface area contributed by atoms with Crippen LogP contribution < -0.4 is 11.1 Å². The van der Waals surface area contributed by atoms with Gasteiger partial charge in [-0.15, -0.1) is 5.10 Å². The zero-order valence-corrected chi connectivity index (χ0v) is 15.1. The third kappa shape index (κ3) is 2.34. The van der Waals surface area contributed by atoms with Gasteiger partial charge in [0.05, 0.1) is 11.1 Å². The molecular weight excluding hydrogens is 354 g/mol. The summed E-state index contributed by atoms with van der Waals surface area (Å²) in [7, 11) is 0. The number of pyridine rings is 3. The molecule has 0 unspecified atom stereocenters. The molecule has 0 atom stereocenters. The number of nitrogens with two attached hydrogens (primary N) is 1. The van der Waals surface area contributed by atoms with Crippen LogP contribution in [0.2, 0.25) is 0 Å². The fourth-order valence-electron chi connectivity index (χ4n) is 3.53. The highest BCUT2D eigenvalue weighted by Gasteiger charge is 2.51. The molecule has 1 aliphatic rings. The van der Waals surface area contributed by atoms with Gasteiger partial charge < -0.3 is 11.1 Å². The number of nitrogens with one attached hydrogen (secondary N) is 1. The van der Waals surface area contributed by atoms with E-state index in [1.54, 1.807) is 10.6 Å². The Morgan fingerprint density at radius 2 is 2.14 bits per heavy atom. The highest BCUT2D eigenvalue weighted by Crippen LogP contribution is 2.48. The Hall–Kier alpha value is -3.55. The molecule has 5 rings (SSSR count). The maximum Gasteiger partial charge on any atom is 0.229 e. The van der Waals surface area contributed by atoms with Gasteiger partial charge in [-0.05, 0) is 37.5 Å². The Morgan fingerprint density at radius 3 is 2.89 bits per heavy atom. The van der Waals surface area contributed by atoms with E-state index in [-0.39, 0.29) is 5.82 Å². The van der Waals surface area contributed by atoms with Crippen molar-refractivity contribution in [1.82, 2.24) is 24.6 Å². The van der Waals surface area contributed by atoms with E-state index in [1.165, 1.54) is 12.4 Å². The monoisotopic (exact) mass is 376 g/mol. The first kappa shape index (κ1) is 13.6. The Labute approximate surface area is 165 Å². The van der Waals surface area contributed by atoms with E-state index in [4.69, 9.17) is 9.85 Å². The molecule has 8 heteroatoms. The predicted molar refractivity (Wildman–Crippen MR) is 106 cm³/mol. The summed E-state index contributed by atoms with van der Waals surface area (Å²) < 4.78 is 24.3. The van der Waals surface area contributed by atoms with Gasteiger partial charge in [0.2, 0.25) is 5.91 Å². The van der Waals surface area contributed by atoms with Crippen molar-refractivity contribution < 1.29 is 8.91 Å². The lowest BCUT2D eigenvalue weighted by Crippen LogP contribution is -2.29. The Bertz CT molecular complexity index is 1360. The lowest BCUT2D eigenvalue weighted by Gasteiger charge is -2.13. The summed E-state index contributed by atoms with van der Waals surface area (Å²) in [6.07, 6.45) is 6.19. The van der Waals surface area contributed by atoms with Crippen molar-refractivity contribution in [2.45, 2.75) is 25.2 Å². The third-order valence-corrected chi connectivity index (χ3v) is 5.32. The van der Waals surface area contributed by atoms with Crippen LogP contribution >= 0.6 is 0 Å². The zero-order valence-electron chi connectivity index (χ0n) is 18.1. The van der Waals surface area contributed by atoms with Gasteiger partial charge in [0.25, 0.3) is 0 Å². The minimum Gasteiger partial charge on any atom is -0.373 e. The van der Waals surface area contributed by atoms with Crippen molar-refractivity contribution in [2.75, 3.05) is 12.3 Å². The number of carbonyl (C=O) groups excluding carboxylic acids is 1. The van der Waals surface area contributed by atoms with Crippen LogP contribution in [-0.4, -0.2) is 37.4 Å². The van der Waals surface area contributed by atoms with E-state index in [1.807, 2.05) is 25.3 Å². The number of aromatic nitrogens is 5. The number of rotatable bonds is 4. The molecule has 0 saturated heterocycles. The summed E-state index contributed by atoms with van der Waals surface area (Å²) in [5, 5.41) is 8.15. The largest absolute Gasteiger partial charge is 0.373 e. The SMILES string of the molecule is [2H]C([2H])([2H])Nc1ncc(-c2nc3ccc(C)cn3n2)c2cc(C3(C(N)=O)CC3)ncc12. The summed E-state index contributed by atoms with van der Waals surface area (Å²) in [6, 6.07) is 5.58. The van der Waals surface area contributed by atoms with Crippen molar-refractivity contribution >= 4 is 28.1 Å². The molecule has 0 radical (unpaired) electrons. The first-order valence-electron chi connectivity index (χ1n) is 10.4. The topological polar surface area (TPSA) is 111 Å². The Morgan fingerprint density at radius 1 is 1.29 bits per heavy atom. The van der Waals surface area contributed by atoms with Crippen molar-refractivity contribution in [3.8, 4) is 11.4 Å². The van der Waals surface area contributed by atoms with E-state index < -0.39 is 18.3 Å². The van der Waals surface area contributed by atoms with Crippen LogP contribution in [0.25, 0.3) is 27.8 Å². The Balaban J connectivity index is 1.74. The van der Waals surface area contributed by atoms with Gasteiger partial charge in [-0.1, -0.05) is 6.07 Å². The second-order valence-electron chi connectivity index (χ2n) is 7.15. The molecule has 1 fully saturated rings. The fourth-order valence-corrected chi connectivity index (χ4v) is 3.53. The minimum atomic E-state index is -2.43. The molecule has 0 aliphatic heterocycles. The number of primary amides is 1. The summed E-state index contributed by atoms with van der Waals surface area (Å²) in [4.78, 5) is 25.4. The second-order valence-corrected chi connectivity index (χ2v) is 7.15. The molecule has 1 amide bonds. The zero-order chi connectivity index (χ0) is 22.0. The molecule has 28 heavy (non-hydrogen) atoms. The van der Waals surface area contributed by atoms with Crippen LogP contribution in [0, 0.1) is 6.92 Å². The van der Waals surface area contributed by atoms with Crippen LogP contribution in [0.1, 0.15) is 28.2 Å². The minimum absolute atomic E-state index is 0.168. The average Bonchev–Trinajstić information content (AvgIpc) is 3.41. The van der Waals surface area contributed by atoms with Crippen molar-refractivity contribution in [3.05, 3.63) is 48.0 Å². The van der Waals surface area contributed by atoms with Crippen LogP contribution in [0.3, 0.4) is 0 Å². The number of hydrogen-bond donors (Lipinski definition) is 2. The number of fused-ring (bicyclic) bond motifs is 2. The fraction of sp³-hybridized carbons (Fsp3) is 0.250. The molecule has 4 heterocycles. The van der Waals surface area contributed by atoms with Crippen molar-refractivity contribution in [3.63, 3.8) is 0 Å². The van der Waals surface area contributed by atoms with Crippen LogP contribution in [-0.2, 0) is 10.2 Å². The van der Waals surface area contributed by atoms with E-state index in [0.29, 0.717) is 46.3 Å². The van der Waals surface area contributed by atoms with Gasteiger partial charge in [0.1, 0.15) is 5.82 Å². The second kappa shape index (κ2) is 5.72. The van der Waals surface area contributed by atoms with E-state index >= 15 is 0 Å². The molecule has 8 nitrogen and oxygen atoms in total. The summed E-state index contributed by atoms with van der Waals surface area (Å²) in [6.45, 7) is -0.464. The van der Waals surface area contributed by atoms with Crippen LogP contribution in [0.4, 0.5) is 5.82 Å². The first-order chi connectivity index (χ1) is 14.7. The highest BCUT2D eigenvalue weighted by atomic mass is 16.1. The van der Waals surface area contributed by atoms with Gasteiger partial charge in [-0.25, -0.2) is 14.5 Å². The summed E-state index contributed by atoms with van der Waals surface area (Å²) in [5.74, 6) is 0.183. The number of carbonyl (C=O) groups is 1. The van der Waals surface area contributed by atoms with E-state index in [9.17, 15) is 4.79 Å². The van der Waals surface area contributed by atoms with Crippen molar-refractivity contribution in [1.29, 1.82) is 0 Å². The maximum atomic E-state index is 12.0. The molecule has 140 valence electrons. The summed E-state index contributed by atoms with van der Waals surface area (Å²) in [5.41, 5.74) is 7.72. The average molecular weight is 376 g/mol. The summed E-state index contributed by atoms with van der Waals surface area (Å²) >= 11 is 0. The molecule has 0 spiro atoms. The number of amides is 1. The van der Waals surface area contributed by atoms with E-state index in [0.717, 1.165) is 5.56 Å². The third-order valence-electron chi connectivity index (χ3n) is 5.32. The van der Waals surface area contributed by atoms with Crippen molar-refractivity contribution in [2.24, 2.45) is 5.73 Å². The number of hydrogen-bond acceptors (Lipinski definition) is 6. The van der Waals surface area contributed by atoms with Gasteiger partial charge in [-0.3, -0.25) is 9.78 Å². The smallest absolute Gasteiger partial charge is 0.229 e. The quantitative estimate of drug-likeness (QED) is 0.565. The Kier molecular flexibility index (Phi) is 2.78. The normalized spacial score (nSPS) is 17.1. The molecule has 1 aliphatic carbocycles. The van der Waals surface area contributed by atoms with Gasteiger partial charge >= 0.3 is 0 Å². The molecule has 4 aromatic rings. The predicted octanol–water partition coefficient (Wildman–Crippen LogP) is 2.21. The van der Waals surface area contributed by atoms with Crippen LogP contribution in [0.15, 0.2) is 36.8 Å². The highest BCUT2D eigenvalue weighted by molar-refractivity contribution is 6.01. The molecule has 1 saturated carbocycles. The molecule has 4 aromatic heterocycles. The van der Waals surface area contributed by atoms with Crippen LogP contribution in [0.5, 0.6) is 0 Å². The first-order valence-corrected chi connectivity index (χ1v) is 8.87. The standard InChI is InChI=1S/C20H19N7O/c1-11-3-4-16-25-18(26-27(16)10-11)14-9-24-17(22-2)13-8-23-15(7-12(13)14)20(5-6-20)19(21)28/h3-4,7-10H,5-6H2,1-2H3,(H2,21,28)(H,22,24)/i2D3. The lowest BCUT2D eigenvalue weighted by atomic mass is 9.97. The molecule has 0 aromatic carbocycles. The van der Waals surface area contributed by atoms with E-state index in [2.05, 4.69) is 25.4 Å².